The predicted octanol–water partition coefficient (Wildman–Crippen LogP) is 5.08. The fraction of sp³-hybridized carbons (Fsp3) is 0.304. The minimum Gasteiger partial charge on any atom is -0.352 e. The Labute approximate surface area is 185 Å². The number of halogens is 2. The standard InChI is InChI=1S/C23H24ClFN2O2S/c1-16-14-17(20(24)15-21(16)30-19-8-6-18(25)7-9-19)5-10-22(28)26-11-3-13-27-12-2-4-23(27)29/h5-10,14-15H,2-4,11-13H2,1H3,(H,26,28)/b10-5+. The summed E-state index contributed by atoms with van der Waals surface area (Å²) in [4.78, 5) is 27.4. The predicted molar refractivity (Wildman–Crippen MR) is 119 cm³/mol. The van der Waals surface area contributed by atoms with Crippen LogP contribution >= 0.6 is 23.4 Å². The molecular formula is C23H24ClFN2O2S. The van der Waals surface area contributed by atoms with Crippen molar-refractivity contribution in [1.82, 2.24) is 10.2 Å². The largest absolute Gasteiger partial charge is 0.352 e. The Morgan fingerprint density at radius 2 is 2.07 bits per heavy atom. The molecule has 1 N–H and O–H groups in total. The van der Waals surface area contributed by atoms with Gasteiger partial charge in [0.15, 0.2) is 0 Å². The molecule has 0 saturated carbocycles. The molecule has 0 aromatic heterocycles. The summed E-state index contributed by atoms with van der Waals surface area (Å²) >= 11 is 7.91. The molecule has 1 fully saturated rings. The van der Waals surface area contributed by atoms with Crippen molar-refractivity contribution in [1.29, 1.82) is 0 Å². The lowest BCUT2D eigenvalue weighted by molar-refractivity contribution is -0.127. The average molecular weight is 447 g/mol. The molecule has 7 heteroatoms. The van der Waals surface area contributed by atoms with Gasteiger partial charge in [0.25, 0.3) is 0 Å². The third-order valence-corrected chi connectivity index (χ3v) is 6.32. The molecular weight excluding hydrogens is 423 g/mol. The van der Waals surface area contributed by atoms with Crippen LogP contribution in [-0.4, -0.2) is 36.3 Å². The number of hydrogen-bond acceptors (Lipinski definition) is 3. The first kappa shape index (κ1) is 22.4. The number of carbonyl (C=O) groups excluding carboxylic acids is 2. The molecule has 3 rings (SSSR count). The number of amides is 2. The van der Waals surface area contributed by atoms with Gasteiger partial charge in [-0.3, -0.25) is 9.59 Å². The van der Waals surface area contributed by atoms with Crippen LogP contribution < -0.4 is 5.32 Å². The zero-order valence-corrected chi connectivity index (χ0v) is 18.4. The maximum Gasteiger partial charge on any atom is 0.244 e. The molecule has 1 heterocycles. The topological polar surface area (TPSA) is 49.4 Å². The van der Waals surface area contributed by atoms with Gasteiger partial charge in [0.2, 0.25) is 11.8 Å². The monoisotopic (exact) mass is 446 g/mol. The highest BCUT2D eigenvalue weighted by atomic mass is 35.5. The molecule has 4 nitrogen and oxygen atoms in total. The Kier molecular flexibility index (Phi) is 7.94. The molecule has 1 saturated heterocycles. The lowest BCUT2D eigenvalue weighted by atomic mass is 10.1. The van der Waals surface area contributed by atoms with Gasteiger partial charge in [0.05, 0.1) is 0 Å². The number of rotatable bonds is 8. The van der Waals surface area contributed by atoms with Gasteiger partial charge >= 0.3 is 0 Å². The molecule has 0 atom stereocenters. The van der Waals surface area contributed by atoms with Gasteiger partial charge in [0, 0.05) is 46.9 Å². The van der Waals surface area contributed by atoms with Crippen molar-refractivity contribution in [3.63, 3.8) is 0 Å². The lowest BCUT2D eigenvalue weighted by Crippen LogP contribution is -2.29. The molecule has 30 heavy (non-hydrogen) atoms. The SMILES string of the molecule is Cc1cc(/C=C/C(=O)NCCCN2CCCC2=O)c(Cl)cc1Sc1ccc(F)cc1. The quantitative estimate of drug-likeness (QED) is 0.454. The van der Waals surface area contributed by atoms with Crippen LogP contribution in [0.25, 0.3) is 6.08 Å². The van der Waals surface area contributed by atoms with Crippen LogP contribution in [0.3, 0.4) is 0 Å². The van der Waals surface area contributed by atoms with Crippen molar-refractivity contribution >= 4 is 41.3 Å². The first-order valence-corrected chi connectivity index (χ1v) is 11.1. The Morgan fingerprint density at radius 1 is 1.30 bits per heavy atom. The second-order valence-corrected chi connectivity index (χ2v) is 8.68. The maximum atomic E-state index is 13.1. The molecule has 0 unspecified atom stereocenters. The summed E-state index contributed by atoms with van der Waals surface area (Å²) in [6, 6.07) is 10.1. The van der Waals surface area contributed by atoms with E-state index in [4.69, 9.17) is 11.6 Å². The molecule has 2 aromatic carbocycles. The zero-order valence-electron chi connectivity index (χ0n) is 16.8. The Bertz CT molecular complexity index is 947. The van der Waals surface area contributed by atoms with Crippen molar-refractivity contribution < 1.29 is 14.0 Å². The summed E-state index contributed by atoms with van der Waals surface area (Å²) < 4.78 is 13.1. The van der Waals surface area contributed by atoms with E-state index in [1.165, 1.54) is 30.0 Å². The van der Waals surface area contributed by atoms with Gasteiger partial charge in [-0.1, -0.05) is 23.4 Å². The minimum atomic E-state index is -0.266. The second kappa shape index (κ2) is 10.6. The van der Waals surface area contributed by atoms with E-state index in [9.17, 15) is 14.0 Å². The van der Waals surface area contributed by atoms with Crippen LogP contribution in [0.1, 0.15) is 30.4 Å². The fourth-order valence-electron chi connectivity index (χ4n) is 3.20. The number of nitrogens with one attached hydrogen (secondary N) is 1. The summed E-state index contributed by atoms with van der Waals surface area (Å²) in [7, 11) is 0. The first-order valence-electron chi connectivity index (χ1n) is 9.89. The Morgan fingerprint density at radius 3 is 2.77 bits per heavy atom. The molecule has 1 aliphatic heterocycles. The molecule has 1 aliphatic rings. The van der Waals surface area contributed by atoms with E-state index in [1.807, 2.05) is 24.0 Å². The van der Waals surface area contributed by atoms with Gasteiger partial charge in [-0.2, -0.15) is 0 Å². The number of aryl methyl sites for hydroxylation is 1. The van der Waals surface area contributed by atoms with E-state index >= 15 is 0 Å². The van der Waals surface area contributed by atoms with E-state index in [0.717, 1.165) is 40.3 Å². The molecule has 0 bridgehead atoms. The number of benzene rings is 2. The van der Waals surface area contributed by atoms with E-state index in [-0.39, 0.29) is 17.6 Å². The highest BCUT2D eigenvalue weighted by Crippen LogP contribution is 2.34. The van der Waals surface area contributed by atoms with Crippen LogP contribution in [0.4, 0.5) is 4.39 Å². The average Bonchev–Trinajstić information content (AvgIpc) is 3.13. The van der Waals surface area contributed by atoms with E-state index < -0.39 is 0 Å². The number of carbonyl (C=O) groups is 2. The molecule has 0 spiro atoms. The number of likely N-dealkylation sites (tertiary alicyclic amines) is 1. The van der Waals surface area contributed by atoms with Crippen LogP contribution in [0.5, 0.6) is 0 Å². The smallest absolute Gasteiger partial charge is 0.244 e. The zero-order chi connectivity index (χ0) is 21.5. The van der Waals surface area contributed by atoms with Gasteiger partial charge in [-0.05, 0) is 73.4 Å². The molecule has 2 amide bonds. The van der Waals surface area contributed by atoms with Crippen LogP contribution in [0.2, 0.25) is 5.02 Å². The minimum absolute atomic E-state index is 0.193. The number of hydrogen-bond donors (Lipinski definition) is 1. The van der Waals surface area contributed by atoms with Crippen molar-refractivity contribution in [2.24, 2.45) is 0 Å². The molecule has 0 radical (unpaired) electrons. The van der Waals surface area contributed by atoms with E-state index in [0.29, 0.717) is 24.5 Å². The fourth-order valence-corrected chi connectivity index (χ4v) is 4.41. The van der Waals surface area contributed by atoms with Crippen molar-refractivity contribution in [3.8, 4) is 0 Å². The third-order valence-electron chi connectivity index (χ3n) is 4.83. The van der Waals surface area contributed by atoms with Gasteiger partial charge in [0.1, 0.15) is 5.82 Å². The summed E-state index contributed by atoms with van der Waals surface area (Å²) in [6.45, 7) is 3.99. The van der Waals surface area contributed by atoms with Crippen molar-refractivity contribution in [2.45, 2.75) is 36.0 Å². The van der Waals surface area contributed by atoms with Crippen LogP contribution in [-0.2, 0) is 9.59 Å². The first-order chi connectivity index (χ1) is 14.4. The number of nitrogens with zero attached hydrogens (tertiary/aromatic N) is 1. The molecule has 158 valence electrons. The lowest BCUT2D eigenvalue weighted by Gasteiger charge is -2.14. The maximum absolute atomic E-state index is 13.1. The summed E-state index contributed by atoms with van der Waals surface area (Å²) in [5, 5.41) is 3.38. The highest BCUT2D eigenvalue weighted by molar-refractivity contribution is 7.99. The summed E-state index contributed by atoms with van der Waals surface area (Å²) in [6.07, 6.45) is 5.46. The van der Waals surface area contributed by atoms with Crippen LogP contribution in [0.15, 0.2) is 52.3 Å². The van der Waals surface area contributed by atoms with Gasteiger partial charge < -0.3 is 10.2 Å². The molecule has 2 aromatic rings. The normalized spacial score (nSPS) is 14.0. The molecule has 0 aliphatic carbocycles. The second-order valence-electron chi connectivity index (χ2n) is 7.16. The van der Waals surface area contributed by atoms with Crippen molar-refractivity contribution in [2.75, 3.05) is 19.6 Å². The van der Waals surface area contributed by atoms with E-state index in [2.05, 4.69) is 5.32 Å². The Balaban J connectivity index is 1.51. The summed E-state index contributed by atoms with van der Waals surface area (Å²) in [5.74, 6) is -0.258. The van der Waals surface area contributed by atoms with Crippen molar-refractivity contribution in [3.05, 3.63) is 64.4 Å². The van der Waals surface area contributed by atoms with Gasteiger partial charge in [-0.25, -0.2) is 4.39 Å². The van der Waals surface area contributed by atoms with E-state index in [1.54, 1.807) is 18.2 Å². The third kappa shape index (κ3) is 6.34. The van der Waals surface area contributed by atoms with Crippen LogP contribution in [0, 0.1) is 12.7 Å². The Hall–Kier alpha value is -2.31. The summed E-state index contributed by atoms with van der Waals surface area (Å²) in [5.41, 5.74) is 1.78. The highest BCUT2D eigenvalue weighted by Gasteiger charge is 2.18. The van der Waals surface area contributed by atoms with Gasteiger partial charge in [-0.15, -0.1) is 0 Å².